The van der Waals surface area contributed by atoms with Crippen LogP contribution in [0.15, 0.2) is 24.5 Å². The molecule has 0 aliphatic carbocycles. The molecule has 3 heteroatoms. The first kappa shape index (κ1) is 7.72. The SMILES string of the molecule is CCOC(=O)c1ccc[nH+]c1. The molecule has 58 valence electrons. The molecule has 1 aromatic heterocycles. The predicted molar refractivity (Wildman–Crippen MR) is 39.0 cm³/mol. The molecule has 1 heterocycles. The average molecular weight is 152 g/mol. The molecule has 0 unspecified atom stereocenters. The van der Waals surface area contributed by atoms with Gasteiger partial charge in [-0.2, -0.15) is 0 Å². The summed E-state index contributed by atoms with van der Waals surface area (Å²) in [5.41, 5.74) is 0.550. The van der Waals surface area contributed by atoms with Gasteiger partial charge in [0.15, 0.2) is 12.4 Å². The molecule has 11 heavy (non-hydrogen) atoms. The van der Waals surface area contributed by atoms with Gasteiger partial charge in [0, 0.05) is 6.07 Å². The van der Waals surface area contributed by atoms with Crippen molar-refractivity contribution in [2.24, 2.45) is 0 Å². The van der Waals surface area contributed by atoms with Crippen LogP contribution in [0.25, 0.3) is 0 Å². The third kappa shape index (κ3) is 2.04. The van der Waals surface area contributed by atoms with Crippen molar-refractivity contribution in [3.05, 3.63) is 30.1 Å². The van der Waals surface area contributed by atoms with Crippen LogP contribution >= 0.6 is 0 Å². The molecule has 1 aromatic rings. The van der Waals surface area contributed by atoms with E-state index in [0.717, 1.165) is 0 Å². The number of aromatic nitrogens is 1. The molecule has 0 spiro atoms. The first-order chi connectivity index (χ1) is 5.34. The highest BCUT2D eigenvalue weighted by Crippen LogP contribution is 1.95. The monoisotopic (exact) mass is 152 g/mol. The molecule has 0 fully saturated rings. The molecule has 1 rings (SSSR count). The number of nitrogens with one attached hydrogen (secondary N) is 1. The van der Waals surface area contributed by atoms with Crippen LogP contribution in [0.1, 0.15) is 17.3 Å². The van der Waals surface area contributed by atoms with E-state index in [2.05, 4.69) is 4.98 Å². The van der Waals surface area contributed by atoms with Crippen molar-refractivity contribution in [3.63, 3.8) is 0 Å². The van der Waals surface area contributed by atoms with Crippen LogP contribution in [0.4, 0.5) is 0 Å². The second-order valence-electron chi connectivity index (χ2n) is 2.01. The Bertz CT molecular complexity index is 233. The van der Waals surface area contributed by atoms with Crippen molar-refractivity contribution in [2.75, 3.05) is 6.61 Å². The fourth-order valence-electron chi connectivity index (χ4n) is 0.735. The molecule has 3 nitrogen and oxygen atoms in total. The van der Waals surface area contributed by atoms with Crippen molar-refractivity contribution in [1.29, 1.82) is 0 Å². The van der Waals surface area contributed by atoms with E-state index >= 15 is 0 Å². The number of rotatable bonds is 2. The Morgan fingerprint density at radius 3 is 3.09 bits per heavy atom. The molecule has 0 aromatic carbocycles. The first-order valence-electron chi connectivity index (χ1n) is 3.48. The summed E-state index contributed by atoms with van der Waals surface area (Å²) >= 11 is 0. The highest BCUT2D eigenvalue weighted by molar-refractivity contribution is 5.88. The second kappa shape index (κ2) is 3.71. The van der Waals surface area contributed by atoms with Gasteiger partial charge in [-0.1, -0.05) is 0 Å². The molecule has 0 atom stereocenters. The lowest BCUT2D eigenvalue weighted by Gasteiger charge is -1.96. The number of carbonyl (C=O) groups is 1. The third-order valence-electron chi connectivity index (χ3n) is 1.22. The zero-order valence-corrected chi connectivity index (χ0v) is 6.33. The lowest BCUT2D eigenvalue weighted by molar-refractivity contribution is -0.378. The summed E-state index contributed by atoms with van der Waals surface area (Å²) in [6, 6.07) is 3.46. The number of H-pyrrole nitrogens is 1. The van der Waals surface area contributed by atoms with E-state index in [0.29, 0.717) is 12.2 Å². The van der Waals surface area contributed by atoms with Crippen LogP contribution in [0.2, 0.25) is 0 Å². The fourth-order valence-corrected chi connectivity index (χ4v) is 0.735. The predicted octanol–water partition coefficient (Wildman–Crippen LogP) is 0.677. The summed E-state index contributed by atoms with van der Waals surface area (Å²) in [4.78, 5) is 13.8. The first-order valence-corrected chi connectivity index (χ1v) is 3.48. The molecular weight excluding hydrogens is 142 g/mol. The molecular formula is C8H10NO2+. The van der Waals surface area contributed by atoms with E-state index in [4.69, 9.17) is 4.74 Å². The number of hydrogen-bond donors (Lipinski definition) is 0. The molecule has 1 N–H and O–H groups in total. The Morgan fingerprint density at radius 2 is 2.55 bits per heavy atom. The summed E-state index contributed by atoms with van der Waals surface area (Å²) in [5, 5.41) is 0. The number of ether oxygens (including phenoxy) is 1. The lowest BCUT2D eigenvalue weighted by Crippen LogP contribution is -2.09. The minimum atomic E-state index is -0.288. The molecule has 0 radical (unpaired) electrons. The van der Waals surface area contributed by atoms with Crippen molar-refractivity contribution in [3.8, 4) is 0 Å². The number of aromatic amines is 1. The number of carbonyl (C=O) groups excluding carboxylic acids is 1. The maximum Gasteiger partial charge on any atom is 0.344 e. The van der Waals surface area contributed by atoms with Gasteiger partial charge in [-0.15, -0.1) is 0 Å². The molecule has 0 aliphatic heterocycles. The third-order valence-corrected chi connectivity index (χ3v) is 1.22. The van der Waals surface area contributed by atoms with Crippen LogP contribution in [0.3, 0.4) is 0 Å². The maximum atomic E-state index is 11.0. The largest absolute Gasteiger partial charge is 0.462 e. The Kier molecular flexibility index (Phi) is 2.60. The highest BCUT2D eigenvalue weighted by atomic mass is 16.5. The number of hydrogen-bond acceptors (Lipinski definition) is 2. The van der Waals surface area contributed by atoms with Gasteiger partial charge in [0.1, 0.15) is 5.56 Å². The summed E-state index contributed by atoms with van der Waals surface area (Å²) in [6.45, 7) is 2.19. The zero-order valence-electron chi connectivity index (χ0n) is 6.33. The fraction of sp³-hybridized carbons (Fsp3) is 0.250. The standard InChI is InChI=1S/C8H9NO2/c1-2-11-8(10)7-4-3-5-9-6-7/h3-6H,2H2,1H3/p+1. The summed E-state index contributed by atoms with van der Waals surface area (Å²) < 4.78 is 4.77. The molecule has 0 saturated heterocycles. The van der Waals surface area contributed by atoms with Crippen LogP contribution in [0.5, 0.6) is 0 Å². The van der Waals surface area contributed by atoms with Crippen molar-refractivity contribution >= 4 is 5.97 Å². The molecule has 0 aliphatic rings. The van der Waals surface area contributed by atoms with E-state index < -0.39 is 0 Å². The van der Waals surface area contributed by atoms with Crippen molar-refractivity contribution < 1.29 is 14.5 Å². The average Bonchev–Trinajstić information content (AvgIpc) is 2.07. The minimum absolute atomic E-state index is 0.288. The molecule has 0 bridgehead atoms. The van der Waals surface area contributed by atoms with Crippen molar-refractivity contribution in [2.45, 2.75) is 6.92 Å². The maximum absolute atomic E-state index is 11.0. The Labute approximate surface area is 65.0 Å². The number of esters is 1. The smallest absolute Gasteiger partial charge is 0.344 e. The summed E-state index contributed by atoms with van der Waals surface area (Å²) in [5.74, 6) is -0.288. The Balaban J connectivity index is 2.69. The topological polar surface area (TPSA) is 40.4 Å². The van der Waals surface area contributed by atoms with Gasteiger partial charge >= 0.3 is 5.97 Å². The quantitative estimate of drug-likeness (QED) is 0.584. The Hall–Kier alpha value is -1.38. The summed E-state index contributed by atoms with van der Waals surface area (Å²) in [7, 11) is 0. The van der Waals surface area contributed by atoms with Crippen LogP contribution < -0.4 is 4.98 Å². The van der Waals surface area contributed by atoms with Gasteiger partial charge in [-0.25, -0.2) is 9.78 Å². The lowest BCUT2D eigenvalue weighted by atomic mass is 10.3. The van der Waals surface area contributed by atoms with E-state index in [-0.39, 0.29) is 5.97 Å². The van der Waals surface area contributed by atoms with Crippen LogP contribution in [-0.4, -0.2) is 12.6 Å². The Morgan fingerprint density at radius 1 is 1.73 bits per heavy atom. The minimum Gasteiger partial charge on any atom is -0.462 e. The van der Waals surface area contributed by atoms with Crippen molar-refractivity contribution in [1.82, 2.24) is 0 Å². The second-order valence-corrected chi connectivity index (χ2v) is 2.01. The van der Waals surface area contributed by atoms with E-state index in [1.807, 2.05) is 0 Å². The van der Waals surface area contributed by atoms with E-state index in [1.165, 1.54) is 0 Å². The van der Waals surface area contributed by atoms with E-state index in [9.17, 15) is 4.79 Å². The highest BCUT2D eigenvalue weighted by Gasteiger charge is 2.06. The van der Waals surface area contributed by atoms with Gasteiger partial charge in [-0.3, -0.25) is 0 Å². The number of pyridine rings is 1. The van der Waals surface area contributed by atoms with Gasteiger partial charge in [-0.05, 0) is 13.0 Å². The van der Waals surface area contributed by atoms with Gasteiger partial charge < -0.3 is 4.74 Å². The molecule has 0 saturated carbocycles. The van der Waals surface area contributed by atoms with Crippen LogP contribution in [-0.2, 0) is 4.74 Å². The summed E-state index contributed by atoms with van der Waals surface area (Å²) in [6.07, 6.45) is 3.35. The van der Waals surface area contributed by atoms with Gasteiger partial charge in [0.25, 0.3) is 0 Å². The van der Waals surface area contributed by atoms with Gasteiger partial charge in [0.2, 0.25) is 0 Å². The van der Waals surface area contributed by atoms with Gasteiger partial charge in [0.05, 0.1) is 6.61 Å². The molecule has 0 amide bonds. The zero-order chi connectivity index (χ0) is 8.10. The van der Waals surface area contributed by atoms with E-state index in [1.54, 1.807) is 31.5 Å². The normalized spacial score (nSPS) is 9.18. The van der Waals surface area contributed by atoms with Crippen LogP contribution in [0, 0.1) is 0 Å².